The van der Waals surface area contributed by atoms with Crippen molar-refractivity contribution in [3.63, 3.8) is 0 Å². The number of hydrogen-bond acceptors (Lipinski definition) is 15. The number of carbonyl (C=O) groups excluding carboxylic acids is 2. The maximum Gasteiger partial charge on any atom is 0.472 e. The largest absolute Gasteiger partial charge is 0.472 e. The zero-order valence-electron chi connectivity index (χ0n) is 39.0. The predicted molar refractivity (Wildman–Crippen MR) is 253 cm³/mol. The number of phosphoric ester groups is 1. The number of ether oxygens (including phenoxy) is 2. The van der Waals surface area contributed by atoms with Crippen LogP contribution in [0.4, 0.5) is 0 Å². The lowest BCUT2D eigenvalue weighted by Crippen LogP contribution is -2.64. The molecule has 9 unspecified atom stereocenters. The van der Waals surface area contributed by atoms with Crippen molar-refractivity contribution >= 4 is 19.8 Å². The molecule has 0 aromatic rings. The topological polar surface area (TPSA) is 270 Å². The molecule has 0 radical (unpaired) electrons. The molecule has 1 fully saturated rings. The van der Waals surface area contributed by atoms with Crippen LogP contribution in [-0.4, -0.2) is 132 Å². The summed E-state index contributed by atoms with van der Waals surface area (Å²) < 4.78 is 33.3. The number of hydrogen-bond donors (Lipinski definition) is 9. The van der Waals surface area contributed by atoms with Crippen LogP contribution >= 0.6 is 7.82 Å². The molecule has 0 saturated heterocycles. The third-order valence-electron chi connectivity index (χ3n) is 10.6. The van der Waals surface area contributed by atoms with Crippen molar-refractivity contribution in [3.8, 4) is 0 Å². The highest BCUT2D eigenvalue weighted by molar-refractivity contribution is 7.47. The first kappa shape index (κ1) is 60.9. The fraction of sp³-hybridized carbons (Fsp3) is 0.673. The second-order valence-corrected chi connectivity index (χ2v) is 17.8. The molecule has 378 valence electrons. The summed E-state index contributed by atoms with van der Waals surface area (Å²) >= 11 is 0. The smallest absolute Gasteiger partial charge is 0.462 e. The zero-order valence-corrected chi connectivity index (χ0v) is 39.9. The highest BCUT2D eigenvalue weighted by atomic mass is 31.2. The van der Waals surface area contributed by atoms with E-state index >= 15 is 0 Å². The fourth-order valence-electron chi connectivity index (χ4n) is 6.57. The Hall–Kier alpha value is -3.09. The Labute approximate surface area is 392 Å². The minimum absolute atomic E-state index is 0.0992. The minimum Gasteiger partial charge on any atom is -0.462 e. The summed E-state index contributed by atoms with van der Waals surface area (Å²) in [6.45, 7) is 2.84. The van der Waals surface area contributed by atoms with E-state index in [4.69, 9.17) is 18.5 Å². The standard InChI is InChI=1S/C49H81O16P/c1-3-5-7-8-9-10-11-12-13-14-15-16-17-22-28-34-42(53)62-36-39(37-63-66(60,61)65-49-47(58)45(56)44(55)46(57)48(49)59)64-43(54)35-29-23-26-31-38(50)30-25-20-18-19-21-27-33-41(52)40(51)32-24-6-4-2/h6,12-13,18-21,23-27,30,33,38-41,44-52,55-59H,3-5,7-11,14-17,22,28-29,31-32,34-37H2,1-2H3,(H,60,61)/b13-12-,20-18+,21-19-,24-6-,26-23+,30-25+,33-27+. The molecule has 0 amide bonds. The second-order valence-electron chi connectivity index (χ2n) is 16.4. The third-order valence-corrected chi connectivity index (χ3v) is 11.5. The lowest BCUT2D eigenvalue weighted by molar-refractivity contribution is -0.220. The van der Waals surface area contributed by atoms with E-state index in [0.29, 0.717) is 12.8 Å². The summed E-state index contributed by atoms with van der Waals surface area (Å²) in [5.74, 6) is -1.34. The van der Waals surface area contributed by atoms with Crippen molar-refractivity contribution in [2.24, 2.45) is 0 Å². The lowest BCUT2D eigenvalue weighted by atomic mass is 9.85. The van der Waals surface area contributed by atoms with Crippen molar-refractivity contribution in [1.82, 2.24) is 0 Å². The molecule has 66 heavy (non-hydrogen) atoms. The summed E-state index contributed by atoms with van der Waals surface area (Å²) in [5, 5.41) is 80.3. The van der Waals surface area contributed by atoms with E-state index in [2.05, 4.69) is 19.1 Å². The van der Waals surface area contributed by atoms with E-state index in [-0.39, 0.29) is 25.7 Å². The monoisotopic (exact) mass is 957 g/mol. The van der Waals surface area contributed by atoms with Gasteiger partial charge in [-0.3, -0.25) is 18.6 Å². The van der Waals surface area contributed by atoms with Crippen molar-refractivity contribution in [2.45, 2.75) is 197 Å². The Balaban J connectivity index is 2.61. The van der Waals surface area contributed by atoms with Gasteiger partial charge in [0.1, 0.15) is 43.2 Å². The van der Waals surface area contributed by atoms with Gasteiger partial charge < -0.3 is 55.2 Å². The van der Waals surface area contributed by atoms with Gasteiger partial charge in [-0.05, 0) is 57.8 Å². The molecule has 0 aliphatic heterocycles. The molecule has 17 heteroatoms. The van der Waals surface area contributed by atoms with E-state index in [0.717, 1.165) is 44.9 Å². The number of aliphatic hydroxyl groups excluding tert-OH is 8. The van der Waals surface area contributed by atoms with Crippen LogP contribution in [0.15, 0.2) is 85.1 Å². The molecule has 9 N–H and O–H groups in total. The average molecular weight is 957 g/mol. The fourth-order valence-corrected chi connectivity index (χ4v) is 7.54. The Morgan fingerprint density at radius 2 is 1.11 bits per heavy atom. The van der Waals surface area contributed by atoms with Gasteiger partial charge >= 0.3 is 19.8 Å². The number of rotatable bonds is 37. The molecule has 0 spiro atoms. The summed E-state index contributed by atoms with van der Waals surface area (Å²) in [7, 11) is -5.19. The van der Waals surface area contributed by atoms with E-state index in [1.165, 1.54) is 44.6 Å². The predicted octanol–water partition coefficient (Wildman–Crippen LogP) is 6.19. The molecule has 1 aliphatic rings. The summed E-state index contributed by atoms with van der Waals surface area (Å²) in [6.07, 6.45) is 24.4. The van der Waals surface area contributed by atoms with Crippen LogP contribution in [0.1, 0.15) is 136 Å². The van der Waals surface area contributed by atoms with Crippen molar-refractivity contribution < 1.29 is 78.4 Å². The first-order valence-electron chi connectivity index (χ1n) is 23.7. The normalized spacial score (nSPS) is 23.5. The molecule has 0 aromatic heterocycles. The van der Waals surface area contributed by atoms with Gasteiger partial charge in [-0.15, -0.1) is 0 Å². The molecule has 1 saturated carbocycles. The van der Waals surface area contributed by atoms with E-state index in [1.54, 1.807) is 54.7 Å². The lowest BCUT2D eigenvalue weighted by Gasteiger charge is -2.41. The number of unbranched alkanes of at least 4 members (excludes halogenated alkanes) is 11. The van der Waals surface area contributed by atoms with Gasteiger partial charge in [0.25, 0.3) is 0 Å². The third kappa shape index (κ3) is 29.6. The van der Waals surface area contributed by atoms with Crippen molar-refractivity contribution in [1.29, 1.82) is 0 Å². The van der Waals surface area contributed by atoms with Gasteiger partial charge in [0, 0.05) is 12.8 Å². The summed E-state index contributed by atoms with van der Waals surface area (Å²) in [6, 6.07) is 0. The molecule has 9 atom stereocenters. The molecule has 1 rings (SSSR count). The second kappa shape index (κ2) is 37.8. The quantitative estimate of drug-likeness (QED) is 0.0110. The Morgan fingerprint density at radius 1 is 0.576 bits per heavy atom. The number of aliphatic hydroxyl groups is 8. The van der Waals surface area contributed by atoms with Crippen molar-refractivity contribution in [3.05, 3.63) is 85.1 Å². The molecule has 0 heterocycles. The van der Waals surface area contributed by atoms with Crippen LogP contribution in [0.2, 0.25) is 0 Å². The molecular weight excluding hydrogens is 875 g/mol. The Bertz CT molecular complexity index is 1530. The highest BCUT2D eigenvalue weighted by Gasteiger charge is 2.51. The average Bonchev–Trinajstić information content (AvgIpc) is 3.29. The van der Waals surface area contributed by atoms with E-state index in [1.807, 2.05) is 19.1 Å². The number of phosphoric acid groups is 1. The van der Waals surface area contributed by atoms with Gasteiger partial charge in [0.05, 0.1) is 24.9 Å². The molecule has 0 aromatic carbocycles. The van der Waals surface area contributed by atoms with Crippen LogP contribution in [-0.2, 0) is 32.7 Å². The molecule has 1 aliphatic carbocycles. The number of allylic oxidation sites excluding steroid dienone is 10. The van der Waals surface area contributed by atoms with Gasteiger partial charge in [-0.1, -0.05) is 150 Å². The van der Waals surface area contributed by atoms with Crippen LogP contribution < -0.4 is 0 Å². The maximum absolute atomic E-state index is 12.8. The molecule has 16 nitrogen and oxygen atoms in total. The summed E-state index contributed by atoms with van der Waals surface area (Å²) in [5.41, 5.74) is 0. The van der Waals surface area contributed by atoms with Gasteiger partial charge in [0.2, 0.25) is 0 Å². The van der Waals surface area contributed by atoms with Crippen molar-refractivity contribution in [2.75, 3.05) is 13.2 Å². The number of esters is 2. The minimum atomic E-state index is -5.19. The first-order valence-corrected chi connectivity index (χ1v) is 25.2. The van der Waals surface area contributed by atoms with E-state index in [9.17, 15) is 59.9 Å². The molecular formula is C49H81O16P. The zero-order chi connectivity index (χ0) is 49.0. The van der Waals surface area contributed by atoms with Crippen LogP contribution in [0.3, 0.4) is 0 Å². The number of carbonyl (C=O) groups is 2. The molecule has 0 bridgehead atoms. The Morgan fingerprint density at radius 3 is 1.73 bits per heavy atom. The van der Waals surface area contributed by atoms with Crippen LogP contribution in [0.5, 0.6) is 0 Å². The van der Waals surface area contributed by atoms with E-state index < -0.39 is 94.0 Å². The SMILES string of the molecule is CC/C=C\CC(O)C(O)/C=C/C=C\C=C\C=C\C(O)C/C=C/CCC(=O)OC(COC(=O)CCCCCCC/C=C\CCCCCCCC)COP(=O)(O)OC1C(O)C(O)C(O)C(O)C1O. The Kier molecular flexibility index (Phi) is 34.9. The highest BCUT2D eigenvalue weighted by Crippen LogP contribution is 2.47. The van der Waals surface area contributed by atoms with Crippen LogP contribution in [0.25, 0.3) is 0 Å². The van der Waals surface area contributed by atoms with Gasteiger partial charge in [0.15, 0.2) is 6.10 Å². The first-order chi connectivity index (χ1) is 31.6. The maximum atomic E-state index is 12.8. The van der Waals surface area contributed by atoms with Crippen LogP contribution in [0, 0.1) is 0 Å². The van der Waals surface area contributed by atoms with Gasteiger partial charge in [-0.2, -0.15) is 0 Å². The van der Waals surface area contributed by atoms with Gasteiger partial charge in [-0.25, -0.2) is 4.57 Å². The summed E-state index contributed by atoms with van der Waals surface area (Å²) in [4.78, 5) is 35.7.